The van der Waals surface area contributed by atoms with Crippen LogP contribution < -0.4 is 5.32 Å². The quantitative estimate of drug-likeness (QED) is 0.751. The average Bonchev–Trinajstić information content (AvgIpc) is 3.01. The number of hydrogen-bond donors (Lipinski definition) is 1. The molecule has 1 aliphatic rings. The summed E-state index contributed by atoms with van der Waals surface area (Å²) >= 11 is 6.93. The summed E-state index contributed by atoms with van der Waals surface area (Å²) in [6.45, 7) is 4.25. The van der Waals surface area contributed by atoms with Crippen LogP contribution in [0, 0.1) is 11.8 Å². The van der Waals surface area contributed by atoms with Crippen molar-refractivity contribution in [3.8, 4) is 0 Å². The molecule has 1 atom stereocenters. The first kappa shape index (κ1) is 20.6. The summed E-state index contributed by atoms with van der Waals surface area (Å²) < 4.78 is 27.5. The van der Waals surface area contributed by atoms with Crippen molar-refractivity contribution >= 4 is 38.9 Å². The van der Waals surface area contributed by atoms with Crippen LogP contribution in [-0.2, 0) is 14.8 Å². The Kier molecular flexibility index (Phi) is 7.28. The van der Waals surface area contributed by atoms with E-state index in [1.165, 1.54) is 4.31 Å². The minimum atomic E-state index is -3.47. The second-order valence-corrected chi connectivity index (χ2v) is 10.6. The van der Waals surface area contributed by atoms with Crippen molar-refractivity contribution in [3.63, 3.8) is 0 Å². The zero-order valence-electron chi connectivity index (χ0n) is 14.9. The number of hydrogen-bond acceptors (Lipinski definition) is 5. The Morgan fingerprint density at radius 2 is 2.04 bits per heavy atom. The zero-order valence-corrected chi connectivity index (χ0v) is 17.3. The fourth-order valence-corrected chi connectivity index (χ4v) is 6.06. The van der Waals surface area contributed by atoms with Crippen LogP contribution >= 0.6 is 22.9 Å². The molecule has 0 unspecified atom stereocenters. The van der Waals surface area contributed by atoms with Gasteiger partial charge in [0.2, 0.25) is 5.91 Å². The molecule has 1 amide bonds. The van der Waals surface area contributed by atoms with E-state index in [2.05, 4.69) is 5.32 Å². The summed E-state index contributed by atoms with van der Waals surface area (Å²) in [5.41, 5.74) is 0. The highest BCUT2D eigenvalue weighted by atomic mass is 35.5. The first-order valence-corrected chi connectivity index (χ1v) is 11.0. The number of carbonyl (C=O) groups is 1. The largest absolute Gasteiger partial charge is 0.355 e. The Bertz CT molecular complexity index is 683. The van der Waals surface area contributed by atoms with Crippen LogP contribution in [0.4, 0.5) is 0 Å². The number of sulfonamides is 1. The summed E-state index contributed by atoms with van der Waals surface area (Å²) in [7, 11) is 0.457. The highest BCUT2D eigenvalue weighted by Gasteiger charge is 2.33. The lowest BCUT2D eigenvalue weighted by atomic mass is 9.85. The van der Waals surface area contributed by atoms with E-state index in [4.69, 9.17) is 11.6 Å². The fraction of sp³-hybridized carbons (Fsp3) is 0.688. The van der Waals surface area contributed by atoms with Crippen LogP contribution in [0.5, 0.6) is 0 Å². The molecule has 2 rings (SSSR count). The van der Waals surface area contributed by atoms with E-state index in [0.717, 1.165) is 17.9 Å². The maximum atomic E-state index is 12.6. The van der Waals surface area contributed by atoms with Crippen molar-refractivity contribution in [2.75, 3.05) is 40.3 Å². The molecule has 0 saturated carbocycles. The molecule has 0 aliphatic carbocycles. The summed E-state index contributed by atoms with van der Waals surface area (Å²) in [4.78, 5) is 14.3. The van der Waals surface area contributed by atoms with E-state index < -0.39 is 10.0 Å². The van der Waals surface area contributed by atoms with E-state index in [0.29, 0.717) is 36.8 Å². The van der Waals surface area contributed by atoms with Crippen molar-refractivity contribution in [1.29, 1.82) is 0 Å². The van der Waals surface area contributed by atoms with Crippen LogP contribution in [0.1, 0.15) is 19.8 Å². The van der Waals surface area contributed by atoms with Gasteiger partial charge in [-0.05, 0) is 45.0 Å². The molecule has 1 fully saturated rings. The number of rotatable bonds is 7. The first-order valence-electron chi connectivity index (χ1n) is 8.39. The van der Waals surface area contributed by atoms with Crippen LogP contribution in [0.2, 0.25) is 4.34 Å². The van der Waals surface area contributed by atoms with E-state index in [-0.39, 0.29) is 22.0 Å². The Labute approximate surface area is 159 Å². The SMILES string of the molecule is C[C@H](C(=O)NCCN(C)C)C1CCN(S(=O)(=O)c2ccc(Cl)s2)CC1. The second-order valence-electron chi connectivity index (χ2n) is 6.68. The molecule has 0 bridgehead atoms. The molecule has 1 N–H and O–H groups in total. The zero-order chi connectivity index (χ0) is 18.6. The lowest BCUT2D eigenvalue weighted by molar-refractivity contribution is -0.126. The molecule has 0 aromatic carbocycles. The first-order chi connectivity index (χ1) is 11.7. The van der Waals surface area contributed by atoms with Crippen molar-refractivity contribution in [2.24, 2.45) is 11.8 Å². The number of carbonyl (C=O) groups excluding carboxylic acids is 1. The van der Waals surface area contributed by atoms with Gasteiger partial charge in [0, 0.05) is 32.1 Å². The summed E-state index contributed by atoms with van der Waals surface area (Å²) in [6, 6.07) is 3.15. The molecule has 9 heteroatoms. The lowest BCUT2D eigenvalue weighted by Gasteiger charge is -2.33. The number of amides is 1. The van der Waals surface area contributed by atoms with E-state index >= 15 is 0 Å². The Hall–Kier alpha value is -0.670. The van der Waals surface area contributed by atoms with Crippen molar-refractivity contribution in [2.45, 2.75) is 24.0 Å². The molecule has 1 aromatic rings. The van der Waals surface area contributed by atoms with Gasteiger partial charge < -0.3 is 10.2 Å². The third-order valence-corrected chi connectivity index (χ3v) is 8.22. The van der Waals surface area contributed by atoms with E-state index in [1.54, 1.807) is 12.1 Å². The van der Waals surface area contributed by atoms with E-state index in [1.807, 2.05) is 25.9 Å². The smallest absolute Gasteiger partial charge is 0.252 e. The van der Waals surface area contributed by atoms with E-state index in [9.17, 15) is 13.2 Å². The number of thiophene rings is 1. The summed E-state index contributed by atoms with van der Waals surface area (Å²) in [5, 5.41) is 2.96. The second kappa shape index (κ2) is 8.81. The molecular formula is C16H26ClN3O3S2. The maximum Gasteiger partial charge on any atom is 0.252 e. The third-order valence-electron chi connectivity index (χ3n) is 4.62. The molecule has 142 valence electrons. The highest BCUT2D eigenvalue weighted by Crippen LogP contribution is 2.32. The van der Waals surface area contributed by atoms with Crippen molar-refractivity contribution in [3.05, 3.63) is 16.5 Å². The Balaban J connectivity index is 1.87. The van der Waals surface area contributed by atoms with Crippen molar-refractivity contribution < 1.29 is 13.2 Å². The predicted octanol–water partition coefficient (Wildman–Crippen LogP) is 2.12. The van der Waals surface area contributed by atoms with Gasteiger partial charge in [0.1, 0.15) is 4.21 Å². The number of likely N-dealkylation sites (N-methyl/N-ethyl adjacent to an activating group) is 1. The van der Waals surface area contributed by atoms with Gasteiger partial charge in [-0.2, -0.15) is 4.31 Å². The Morgan fingerprint density at radius 3 is 2.56 bits per heavy atom. The number of nitrogens with one attached hydrogen (secondary N) is 1. The van der Waals surface area contributed by atoms with Gasteiger partial charge in [-0.15, -0.1) is 11.3 Å². The highest BCUT2D eigenvalue weighted by molar-refractivity contribution is 7.91. The predicted molar refractivity (Wildman–Crippen MR) is 102 cm³/mol. The molecular weight excluding hydrogens is 382 g/mol. The molecule has 6 nitrogen and oxygen atoms in total. The monoisotopic (exact) mass is 407 g/mol. The third kappa shape index (κ3) is 5.40. The molecule has 1 aromatic heterocycles. The average molecular weight is 408 g/mol. The number of piperidine rings is 1. The Morgan fingerprint density at radius 1 is 1.40 bits per heavy atom. The van der Waals surface area contributed by atoms with Gasteiger partial charge in [-0.25, -0.2) is 8.42 Å². The fourth-order valence-electron chi connectivity index (χ4n) is 2.96. The summed E-state index contributed by atoms with van der Waals surface area (Å²) in [6.07, 6.45) is 1.39. The summed E-state index contributed by atoms with van der Waals surface area (Å²) in [5.74, 6) is 0.147. The minimum Gasteiger partial charge on any atom is -0.355 e. The van der Waals surface area contributed by atoms with Crippen LogP contribution in [-0.4, -0.2) is 63.8 Å². The lowest BCUT2D eigenvalue weighted by Crippen LogP contribution is -2.43. The molecule has 2 heterocycles. The number of nitrogens with zero attached hydrogens (tertiary/aromatic N) is 2. The molecule has 1 aliphatic heterocycles. The van der Waals surface area contributed by atoms with Crippen LogP contribution in [0.15, 0.2) is 16.3 Å². The van der Waals surface area contributed by atoms with Crippen LogP contribution in [0.25, 0.3) is 0 Å². The maximum absolute atomic E-state index is 12.6. The van der Waals surface area contributed by atoms with Gasteiger partial charge in [-0.1, -0.05) is 18.5 Å². The van der Waals surface area contributed by atoms with Crippen molar-refractivity contribution in [1.82, 2.24) is 14.5 Å². The molecule has 25 heavy (non-hydrogen) atoms. The normalized spacial score (nSPS) is 18.4. The van der Waals surface area contributed by atoms with Crippen LogP contribution in [0.3, 0.4) is 0 Å². The molecule has 1 saturated heterocycles. The van der Waals surface area contributed by atoms with Gasteiger partial charge in [0.25, 0.3) is 10.0 Å². The topological polar surface area (TPSA) is 69.7 Å². The van der Waals surface area contributed by atoms with Gasteiger partial charge in [0.05, 0.1) is 4.34 Å². The standard InChI is InChI=1S/C16H26ClN3O3S2/c1-12(16(21)18-8-11-19(2)3)13-6-9-20(10-7-13)25(22,23)15-5-4-14(17)24-15/h4-5,12-13H,6-11H2,1-3H3,(H,18,21)/t12-/m0/s1. The minimum absolute atomic E-state index is 0.0493. The van der Waals surface area contributed by atoms with Gasteiger partial charge >= 0.3 is 0 Å². The number of halogens is 1. The molecule has 0 spiro atoms. The van der Waals surface area contributed by atoms with Gasteiger partial charge in [0.15, 0.2) is 0 Å². The van der Waals surface area contributed by atoms with Gasteiger partial charge in [-0.3, -0.25) is 4.79 Å². The molecule has 0 radical (unpaired) electrons.